The van der Waals surface area contributed by atoms with Gasteiger partial charge in [-0.2, -0.15) is 5.10 Å². The zero-order valence-electron chi connectivity index (χ0n) is 16.1. The fraction of sp³-hybridized carbons (Fsp3) is 0.789. The summed E-state index contributed by atoms with van der Waals surface area (Å²) in [5.74, 6) is 1.51. The predicted molar refractivity (Wildman–Crippen MR) is 103 cm³/mol. The maximum atomic E-state index is 10.7. The number of guanidine groups is 1. The quantitative estimate of drug-likeness (QED) is 0.545. The molecule has 0 radical (unpaired) electrons. The summed E-state index contributed by atoms with van der Waals surface area (Å²) in [5, 5.41) is 21.6. The van der Waals surface area contributed by atoms with Gasteiger partial charge in [0.15, 0.2) is 5.96 Å². The Kier molecular flexibility index (Phi) is 7.75. The fourth-order valence-corrected chi connectivity index (χ4v) is 3.35. The molecule has 1 aromatic rings. The van der Waals surface area contributed by atoms with Crippen molar-refractivity contribution in [2.75, 3.05) is 19.6 Å². The van der Waals surface area contributed by atoms with Crippen molar-refractivity contribution < 1.29 is 5.11 Å². The van der Waals surface area contributed by atoms with Gasteiger partial charge in [-0.05, 0) is 32.6 Å². The van der Waals surface area contributed by atoms with Gasteiger partial charge in [-0.15, -0.1) is 0 Å². The van der Waals surface area contributed by atoms with Crippen LogP contribution in [-0.4, -0.2) is 40.5 Å². The van der Waals surface area contributed by atoms with E-state index in [1.807, 2.05) is 13.2 Å². The van der Waals surface area contributed by atoms with E-state index in [-0.39, 0.29) is 0 Å². The minimum absolute atomic E-state index is 0.304. The minimum Gasteiger partial charge on any atom is -0.383 e. The van der Waals surface area contributed by atoms with Crippen molar-refractivity contribution in [2.24, 2.45) is 18.0 Å². The van der Waals surface area contributed by atoms with Gasteiger partial charge in [-0.3, -0.25) is 4.68 Å². The average molecular weight is 350 g/mol. The first-order valence-electron chi connectivity index (χ1n) is 9.75. The van der Waals surface area contributed by atoms with E-state index in [1.54, 1.807) is 17.8 Å². The van der Waals surface area contributed by atoms with Crippen molar-refractivity contribution in [2.45, 2.75) is 64.4 Å². The molecule has 1 aliphatic rings. The van der Waals surface area contributed by atoms with E-state index >= 15 is 0 Å². The average Bonchev–Trinajstić information content (AvgIpc) is 2.99. The van der Waals surface area contributed by atoms with Crippen molar-refractivity contribution in [3.63, 3.8) is 0 Å². The molecule has 1 fully saturated rings. The van der Waals surface area contributed by atoms with E-state index in [0.717, 1.165) is 30.5 Å². The van der Waals surface area contributed by atoms with Gasteiger partial charge in [0.25, 0.3) is 0 Å². The molecule has 25 heavy (non-hydrogen) atoms. The molecule has 2 rings (SSSR count). The molecule has 1 atom stereocenters. The molecule has 0 aromatic carbocycles. The van der Waals surface area contributed by atoms with Gasteiger partial charge in [0.05, 0.1) is 12.7 Å². The molecule has 6 nitrogen and oxygen atoms in total. The van der Waals surface area contributed by atoms with E-state index < -0.39 is 5.60 Å². The number of nitrogens with one attached hydrogen (secondary N) is 2. The molecule has 1 aromatic heterocycles. The molecule has 142 valence electrons. The maximum Gasteiger partial charge on any atom is 0.191 e. The lowest BCUT2D eigenvalue weighted by Gasteiger charge is -2.23. The maximum absolute atomic E-state index is 10.7. The summed E-state index contributed by atoms with van der Waals surface area (Å²) in [6, 6.07) is 0. The summed E-state index contributed by atoms with van der Waals surface area (Å²) < 4.78 is 1.70. The molecular weight excluding hydrogens is 314 g/mol. The van der Waals surface area contributed by atoms with Crippen LogP contribution in [-0.2, 0) is 12.6 Å². The Morgan fingerprint density at radius 1 is 1.28 bits per heavy atom. The van der Waals surface area contributed by atoms with Crippen molar-refractivity contribution in [1.82, 2.24) is 20.4 Å². The van der Waals surface area contributed by atoms with Crippen LogP contribution >= 0.6 is 0 Å². The highest BCUT2D eigenvalue weighted by Crippen LogP contribution is 2.22. The third kappa shape index (κ3) is 6.69. The second kappa shape index (κ2) is 9.80. The van der Waals surface area contributed by atoms with E-state index in [2.05, 4.69) is 27.6 Å². The highest BCUT2D eigenvalue weighted by Gasteiger charge is 2.24. The standard InChI is InChI=1S/C19H35N5O/c1-4-20-18(21-12-16-10-8-6-5-7-9-11-16)22-15-19(2,25)17-13-23-24(3)14-17/h13-14,16,25H,4-12,15H2,1-3H3,(H2,20,21,22). The molecule has 1 unspecified atom stereocenters. The molecule has 1 aliphatic carbocycles. The van der Waals surface area contributed by atoms with Gasteiger partial charge in [0.2, 0.25) is 0 Å². The summed E-state index contributed by atoms with van der Waals surface area (Å²) in [7, 11) is 1.85. The molecule has 0 aliphatic heterocycles. The first kappa shape index (κ1) is 19.8. The number of aryl methyl sites for hydroxylation is 1. The SMILES string of the molecule is CCNC(=NCC(C)(O)c1cnn(C)c1)NCC1CCCCCCC1. The Hall–Kier alpha value is -1.56. The molecule has 0 amide bonds. The van der Waals surface area contributed by atoms with Crippen LogP contribution in [0, 0.1) is 5.92 Å². The van der Waals surface area contributed by atoms with Gasteiger partial charge in [-0.25, -0.2) is 4.99 Å². The van der Waals surface area contributed by atoms with Gasteiger partial charge in [0.1, 0.15) is 5.60 Å². The summed E-state index contributed by atoms with van der Waals surface area (Å²) >= 11 is 0. The fourth-order valence-electron chi connectivity index (χ4n) is 3.35. The van der Waals surface area contributed by atoms with Gasteiger partial charge in [0, 0.05) is 31.9 Å². The number of aliphatic imine (C=N–C) groups is 1. The lowest BCUT2D eigenvalue weighted by atomic mass is 9.91. The highest BCUT2D eigenvalue weighted by molar-refractivity contribution is 5.79. The van der Waals surface area contributed by atoms with Crippen LogP contribution in [0.4, 0.5) is 0 Å². The van der Waals surface area contributed by atoms with Crippen LogP contribution in [0.5, 0.6) is 0 Å². The Labute approximate surface area is 152 Å². The topological polar surface area (TPSA) is 74.5 Å². The van der Waals surface area contributed by atoms with E-state index in [1.165, 1.54) is 44.9 Å². The van der Waals surface area contributed by atoms with Crippen molar-refractivity contribution >= 4 is 5.96 Å². The van der Waals surface area contributed by atoms with E-state index in [0.29, 0.717) is 6.54 Å². The second-order valence-corrected chi connectivity index (χ2v) is 7.46. The molecule has 0 spiro atoms. The normalized spacial score (nSPS) is 19.8. The molecule has 0 bridgehead atoms. The third-order valence-electron chi connectivity index (χ3n) is 5.00. The summed E-state index contributed by atoms with van der Waals surface area (Å²) in [6.07, 6.45) is 13.0. The Morgan fingerprint density at radius 3 is 2.56 bits per heavy atom. The van der Waals surface area contributed by atoms with Crippen LogP contribution in [0.25, 0.3) is 0 Å². The smallest absolute Gasteiger partial charge is 0.191 e. The van der Waals surface area contributed by atoms with Crippen molar-refractivity contribution in [1.29, 1.82) is 0 Å². The number of hydrogen-bond donors (Lipinski definition) is 3. The Morgan fingerprint density at radius 2 is 1.96 bits per heavy atom. The van der Waals surface area contributed by atoms with Crippen molar-refractivity contribution in [3.05, 3.63) is 18.0 Å². The predicted octanol–water partition coefficient (Wildman–Crippen LogP) is 2.54. The number of aromatic nitrogens is 2. The van der Waals surface area contributed by atoms with Crippen molar-refractivity contribution in [3.8, 4) is 0 Å². The lowest BCUT2D eigenvalue weighted by Crippen LogP contribution is -2.41. The van der Waals surface area contributed by atoms with E-state index in [4.69, 9.17) is 0 Å². The minimum atomic E-state index is -1.02. The number of aliphatic hydroxyl groups is 1. The van der Waals surface area contributed by atoms with Crippen LogP contribution < -0.4 is 10.6 Å². The first-order chi connectivity index (χ1) is 12.0. The first-order valence-corrected chi connectivity index (χ1v) is 9.75. The summed E-state index contributed by atoms with van der Waals surface area (Å²) in [4.78, 5) is 4.60. The van der Waals surface area contributed by atoms with E-state index in [9.17, 15) is 5.11 Å². The number of rotatable bonds is 6. The largest absolute Gasteiger partial charge is 0.383 e. The third-order valence-corrected chi connectivity index (χ3v) is 5.00. The number of hydrogen-bond acceptors (Lipinski definition) is 3. The summed E-state index contributed by atoms with van der Waals surface area (Å²) in [6.45, 7) is 5.92. The molecule has 1 saturated carbocycles. The lowest BCUT2D eigenvalue weighted by molar-refractivity contribution is 0.0671. The molecule has 1 heterocycles. The second-order valence-electron chi connectivity index (χ2n) is 7.46. The molecular formula is C19H35N5O. The molecule has 6 heteroatoms. The Bertz CT molecular complexity index is 530. The van der Waals surface area contributed by atoms with Gasteiger partial charge >= 0.3 is 0 Å². The highest BCUT2D eigenvalue weighted by atomic mass is 16.3. The van der Waals surface area contributed by atoms with Crippen LogP contribution in [0.1, 0.15) is 64.4 Å². The summed E-state index contributed by atoms with van der Waals surface area (Å²) in [5.41, 5.74) is -0.230. The van der Waals surface area contributed by atoms with Gasteiger partial charge < -0.3 is 15.7 Å². The van der Waals surface area contributed by atoms with Gasteiger partial charge in [-0.1, -0.05) is 32.1 Å². The zero-order valence-corrected chi connectivity index (χ0v) is 16.1. The zero-order chi connectivity index (χ0) is 18.1. The monoisotopic (exact) mass is 349 g/mol. The van der Waals surface area contributed by atoms with Crippen LogP contribution in [0.15, 0.2) is 17.4 Å². The van der Waals surface area contributed by atoms with Crippen LogP contribution in [0.2, 0.25) is 0 Å². The number of nitrogens with zero attached hydrogens (tertiary/aromatic N) is 3. The molecule has 3 N–H and O–H groups in total. The Balaban J connectivity index is 1.90. The van der Waals surface area contributed by atoms with Crippen LogP contribution in [0.3, 0.4) is 0 Å². The molecule has 0 saturated heterocycles.